The Labute approximate surface area is 99.0 Å². The third kappa shape index (κ3) is 3.00. The van der Waals surface area contributed by atoms with Crippen molar-refractivity contribution in [1.29, 1.82) is 0 Å². The lowest BCUT2D eigenvalue weighted by Gasteiger charge is -2.21. The molecule has 0 fully saturated rings. The van der Waals surface area contributed by atoms with Gasteiger partial charge in [0.05, 0.1) is 17.1 Å². The predicted octanol–water partition coefficient (Wildman–Crippen LogP) is 1.85. The van der Waals surface area contributed by atoms with Gasteiger partial charge in [0.25, 0.3) is 0 Å². The monoisotopic (exact) mass is 240 g/mol. The summed E-state index contributed by atoms with van der Waals surface area (Å²) < 4.78 is 13.5. The van der Waals surface area contributed by atoms with E-state index in [0.717, 1.165) is 0 Å². The van der Waals surface area contributed by atoms with Crippen LogP contribution in [0.4, 0.5) is 10.1 Å². The molecule has 0 heterocycles. The van der Waals surface area contributed by atoms with Gasteiger partial charge in [0.15, 0.2) is 0 Å². The van der Waals surface area contributed by atoms with Crippen molar-refractivity contribution in [2.45, 2.75) is 13.3 Å². The van der Waals surface area contributed by atoms with Crippen LogP contribution < -0.4 is 10.6 Å². The third-order valence-corrected chi connectivity index (χ3v) is 2.23. The average molecular weight is 240 g/mol. The molecule has 0 bridgehead atoms. The van der Waals surface area contributed by atoms with Crippen molar-refractivity contribution in [1.82, 2.24) is 0 Å². The van der Waals surface area contributed by atoms with E-state index in [9.17, 15) is 9.18 Å². The first-order chi connectivity index (χ1) is 7.56. The van der Waals surface area contributed by atoms with Gasteiger partial charge in [-0.25, -0.2) is 4.39 Å². The molecule has 5 heteroatoms. The first-order valence-corrected chi connectivity index (χ1v) is 5.30. The van der Waals surface area contributed by atoms with E-state index in [-0.39, 0.29) is 23.0 Å². The van der Waals surface area contributed by atoms with Crippen LogP contribution in [0.2, 0.25) is 0 Å². The zero-order valence-corrected chi connectivity index (χ0v) is 9.76. The maximum Gasteiger partial charge on any atom is 0.233 e. The molecule has 1 aromatic carbocycles. The molecule has 1 amide bonds. The maximum atomic E-state index is 13.5. The lowest BCUT2D eigenvalue weighted by atomic mass is 10.2. The highest BCUT2D eigenvalue weighted by atomic mass is 32.1. The molecule has 0 aliphatic carbocycles. The summed E-state index contributed by atoms with van der Waals surface area (Å²) in [5.74, 6) is -0.722. The van der Waals surface area contributed by atoms with Gasteiger partial charge in [0, 0.05) is 6.54 Å². The number of amides is 1. The van der Waals surface area contributed by atoms with Crippen LogP contribution in [-0.4, -0.2) is 17.4 Å². The van der Waals surface area contributed by atoms with E-state index in [2.05, 4.69) is 12.2 Å². The van der Waals surface area contributed by atoms with Gasteiger partial charge in [-0.2, -0.15) is 0 Å². The fraction of sp³-hybridized carbons (Fsp3) is 0.273. The number of para-hydroxylation sites is 1. The fourth-order valence-electron chi connectivity index (χ4n) is 1.40. The summed E-state index contributed by atoms with van der Waals surface area (Å²) in [7, 11) is 0. The molecule has 3 nitrogen and oxygen atoms in total. The molecule has 0 radical (unpaired) electrons. The molecule has 0 aliphatic heterocycles. The Bertz CT molecular complexity index is 409. The molecule has 0 atom stereocenters. The summed E-state index contributed by atoms with van der Waals surface area (Å²) in [6, 6.07) is 6.11. The summed E-state index contributed by atoms with van der Waals surface area (Å²) in [4.78, 5) is 13.2. The number of nitrogens with zero attached hydrogens (tertiary/aromatic N) is 1. The SMILES string of the molecule is CCN(C(=O)CC(N)=S)c1ccccc1F. The van der Waals surface area contributed by atoms with Gasteiger partial charge in [-0.15, -0.1) is 0 Å². The second kappa shape index (κ2) is 5.55. The molecule has 1 aromatic rings. The minimum atomic E-state index is -0.430. The standard InChI is InChI=1S/C11H13FN2OS/c1-2-14(11(15)7-10(13)16)9-6-4-3-5-8(9)12/h3-6H,2,7H2,1H3,(H2,13,16). The second-order valence-electron chi connectivity index (χ2n) is 3.23. The molecule has 2 N–H and O–H groups in total. The first kappa shape index (κ1) is 12.6. The van der Waals surface area contributed by atoms with E-state index < -0.39 is 5.82 Å². The summed E-state index contributed by atoms with van der Waals surface area (Å²) in [6.45, 7) is 2.15. The molecule has 86 valence electrons. The van der Waals surface area contributed by atoms with Gasteiger partial charge in [-0.05, 0) is 19.1 Å². The number of carbonyl (C=O) groups excluding carboxylic acids is 1. The highest BCUT2D eigenvalue weighted by Crippen LogP contribution is 2.19. The zero-order chi connectivity index (χ0) is 12.1. The Morgan fingerprint density at radius 2 is 2.12 bits per heavy atom. The van der Waals surface area contributed by atoms with Crippen LogP contribution in [0.15, 0.2) is 24.3 Å². The minimum absolute atomic E-state index is 0.0441. The Hall–Kier alpha value is -1.49. The van der Waals surface area contributed by atoms with Gasteiger partial charge in [-0.3, -0.25) is 4.79 Å². The Morgan fingerprint density at radius 3 is 2.62 bits per heavy atom. The number of rotatable bonds is 4. The number of halogens is 1. The highest BCUT2D eigenvalue weighted by molar-refractivity contribution is 7.80. The topological polar surface area (TPSA) is 46.3 Å². The number of hydrogen-bond donors (Lipinski definition) is 1. The first-order valence-electron chi connectivity index (χ1n) is 4.89. The molecule has 1 rings (SSSR count). The summed E-state index contributed by atoms with van der Waals surface area (Å²) >= 11 is 4.66. The quantitative estimate of drug-likeness (QED) is 0.817. The number of hydrogen-bond acceptors (Lipinski definition) is 2. The number of anilines is 1. The van der Waals surface area contributed by atoms with Gasteiger partial charge >= 0.3 is 0 Å². The van der Waals surface area contributed by atoms with E-state index in [1.165, 1.54) is 11.0 Å². The number of thiocarbonyl (C=S) groups is 1. The summed E-state index contributed by atoms with van der Waals surface area (Å²) in [5.41, 5.74) is 5.55. The Kier molecular flexibility index (Phi) is 4.37. The molecule has 16 heavy (non-hydrogen) atoms. The molecule has 0 aliphatic rings. The van der Waals surface area contributed by atoms with Gasteiger partial charge in [0.1, 0.15) is 5.82 Å². The molecule has 0 spiro atoms. The average Bonchev–Trinajstić information content (AvgIpc) is 2.20. The molecular formula is C11H13FN2OS. The predicted molar refractivity (Wildman–Crippen MR) is 65.8 cm³/mol. The van der Waals surface area contributed by atoms with E-state index in [4.69, 9.17) is 5.73 Å². The van der Waals surface area contributed by atoms with Crippen molar-refractivity contribution in [2.75, 3.05) is 11.4 Å². The van der Waals surface area contributed by atoms with Crippen molar-refractivity contribution in [3.63, 3.8) is 0 Å². The van der Waals surface area contributed by atoms with Crippen molar-refractivity contribution < 1.29 is 9.18 Å². The second-order valence-corrected chi connectivity index (χ2v) is 3.76. The van der Waals surface area contributed by atoms with E-state index in [0.29, 0.717) is 6.54 Å². The maximum absolute atomic E-state index is 13.5. The molecule has 0 saturated heterocycles. The van der Waals surface area contributed by atoms with Gasteiger partial charge in [-0.1, -0.05) is 24.4 Å². The zero-order valence-electron chi connectivity index (χ0n) is 8.94. The fourth-order valence-corrected chi connectivity index (χ4v) is 1.52. The number of benzene rings is 1. The Morgan fingerprint density at radius 1 is 1.50 bits per heavy atom. The minimum Gasteiger partial charge on any atom is -0.393 e. The highest BCUT2D eigenvalue weighted by Gasteiger charge is 2.17. The van der Waals surface area contributed by atoms with Gasteiger partial charge < -0.3 is 10.6 Å². The lowest BCUT2D eigenvalue weighted by molar-refractivity contribution is -0.117. The van der Waals surface area contributed by atoms with Crippen LogP contribution in [-0.2, 0) is 4.79 Å². The van der Waals surface area contributed by atoms with Crippen molar-refractivity contribution in [3.8, 4) is 0 Å². The number of carbonyl (C=O) groups is 1. The Balaban J connectivity index is 2.94. The van der Waals surface area contributed by atoms with E-state index in [1.807, 2.05) is 0 Å². The van der Waals surface area contributed by atoms with Crippen molar-refractivity contribution in [2.24, 2.45) is 5.73 Å². The van der Waals surface area contributed by atoms with Crippen molar-refractivity contribution >= 4 is 28.8 Å². The largest absolute Gasteiger partial charge is 0.393 e. The van der Waals surface area contributed by atoms with Crippen LogP contribution in [0.3, 0.4) is 0 Å². The molecular weight excluding hydrogens is 227 g/mol. The molecule has 0 unspecified atom stereocenters. The van der Waals surface area contributed by atoms with Gasteiger partial charge in [0.2, 0.25) is 5.91 Å². The lowest BCUT2D eigenvalue weighted by Crippen LogP contribution is -2.33. The summed E-state index contributed by atoms with van der Waals surface area (Å²) in [6.07, 6.45) is -0.0441. The molecule has 0 aromatic heterocycles. The van der Waals surface area contributed by atoms with Crippen LogP contribution in [0.25, 0.3) is 0 Å². The summed E-state index contributed by atoms with van der Waals surface area (Å²) in [5, 5.41) is 0. The van der Waals surface area contributed by atoms with Crippen LogP contribution >= 0.6 is 12.2 Å². The van der Waals surface area contributed by atoms with E-state index in [1.54, 1.807) is 25.1 Å². The smallest absolute Gasteiger partial charge is 0.233 e. The number of nitrogens with two attached hydrogens (primary N) is 1. The van der Waals surface area contributed by atoms with E-state index >= 15 is 0 Å². The third-order valence-electron chi connectivity index (χ3n) is 2.09. The van der Waals surface area contributed by atoms with Crippen LogP contribution in [0.5, 0.6) is 0 Å². The van der Waals surface area contributed by atoms with Crippen LogP contribution in [0.1, 0.15) is 13.3 Å². The van der Waals surface area contributed by atoms with Crippen molar-refractivity contribution in [3.05, 3.63) is 30.1 Å². The van der Waals surface area contributed by atoms with Crippen LogP contribution in [0, 0.1) is 5.82 Å². The molecule has 0 saturated carbocycles. The normalized spacial score (nSPS) is 9.88.